The summed E-state index contributed by atoms with van der Waals surface area (Å²) in [5, 5.41) is 12.4. The first kappa shape index (κ1) is 15.7. The number of benzene rings is 2. The standard InChI is InChI=1S/C17H18BrNO2/c1-11-5-3-4-6-15(11)12(2)19-10-14-8-7-13(17(20)21)9-16(14)18/h3-9,12,19H,10H2,1-2H3,(H,20,21). The minimum absolute atomic E-state index is 0.234. The summed E-state index contributed by atoms with van der Waals surface area (Å²) >= 11 is 3.43. The number of carboxylic acid groups (broad SMARTS) is 1. The molecule has 0 aliphatic rings. The molecule has 3 nitrogen and oxygen atoms in total. The van der Waals surface area contributed by atoms with E-state index in [2.05, 4.69) is 47.2 Å². The first-order valence-electron chi connectivity index (χ1n) is 6.79. The van der Waals surface area contributed by atoms with E-state index in [4.69, 9.17) is 5.11 Å². The second kappa shape index (κ2) is 6.87. The monoisotopic (exact) mass is 347 g/mol. The van der Waals surface area contributed by atoms with Crippen molar-refractivity contribution in [3.05, 3.63) is 69.2 Å². The van der Waals surface area contributed by atoms with Crippen LogP contribution in [0.1, 0.15) is 40.0 Å². The fourth-order valence-electron chi connectivity index (χ4n) is 2.27. The summed E-state index contributed by atoms with van der Waals surface area (Å²) in [6.45, 7) is 4.91. The lowest BCUT2D eigenvalue weighted by molar-refractivity contribution is 0.0697. The molecule has 1 unspecified atom stereocenters. The maximum Gasteiger partial charge on any atom is 0.335 e. The quantitative estimate of drug-likeness (QED) is 0.847. The van der Waals surface area contributed by atoms with Gasteiger partial charge in [0, 0.05) is 17.1 Å². The van der Waals surface area contributed by atoms with Crippen LogP contribution < -0.4 is 5.32 Å². The lowest BCUT2D eigenvalue weighted by Gasteiger charge is -2.17. The van der Waals surface area contributed by atoms with Crippen LogP contribution in [0.25, 0.3) is 0 Å². The Labute approximate surface area is 133 Å². The number of rotatable bonds is 5. The van der Waals surface area contributed by atoms with E-state index >= 15 is 0 Å². The molecule has 0 aromatic heterocycles. The number of aromatic carboxylic acids is 1. The minimum Gasteiger partial charge on any atom is -0.478 e. The largest absolute Gasteiger partial charge is 0.478 e. The van der Waals surface area contributed by atoms with Gasteiger partial charge in [-0.1, -0.05) is 46.3 Å². The van der Waals surface area contributed by atoms with Crippen LogP contribution in [0.15, 0.2) is 46.9 Å². The van der Waals surface area contributed by atoms with Gasteiger partial charge < -0.3 is 10.4 Å². The van der Waals surface area contributed by atoms with Gasteiger partial charge in [0.1, 0.15) is 0 Å². The van der Waals surface area contributed by atoms with Crippen molar-refractivity contribution < 1.29 is 9.90 Å². The Morgan fingerprint density at radius 1 is 1.29 bits per heavy atom. The summed E-state index contributed by atoms with van der Waals surface area (Å²) in [6, 6.07) is 13.6. The third-order valence-corrected chi connectivity index (χ3v) is 4.29. The Kier molecular flexibility index (Phi) is 5.15. The number of aryl methyl sites for hydroxylation is 1. The molecule has 2 aromatic carbocycles. The van der Waals surface area contributed by atoms with Gasteiger partial charge in [-0.05, 0) is 42.7 Å². The van der Waals surface area contributed by atoms with Crippen molar-refractivity contribution in [2.24, 2.45) is 0 Å². The van der Waals surface area contributed by atoms with E-state index in [0.717, 1.165) is 10.0 Å². The molecule has 0 aliphatic heterocycles. The fraction of sp³-hybridized carbons (Fsp3) is 0.235. The van der Waals surface area contributed by atoms with Crippen molar-refractivity contribution in [1.82, 2.24) is 5.32 Å². The molecule has 2 aromatic rings. The van der Waals surface area contributed by atoms with Gasteiger partial charge in [0.15, 0.2) is 0 Å². The van der Waals surface area contributed by atoms with Gasteiger partial charge in [0.25, 0.3) is 0 Å². The highest BCUT2D eigenvalue weighted by Gasteiger charge is 2.10. The van der Waals surface area contributed by atoms with E-state index in [1.165, 1.54) is 11.1 Å². The van der Waals surface area contributed by atoms with Gasteiger partial charge in [-0.25, -0.2) is 4.79 Å². The molecule has 0 saturated carbocycles. The SMILES string of the molecule is Cc1ccccc1C(C)NCc1ccc(C(=O)O)cc1Br. The molecule has 4 heteroatoms. The fourth-order valence-corrected chi connectivity index (χ4v) is 2.79. The van der Waals surface area contributed by atoms with Crippen LogP contribution in [0.5, 0.6) is 0 Å². The first-order chi connectivity index (χ1) is 9.99. The second-order valence-electron chi connectivity index (χ2n) is 5.07. The second-order valence-corrected chi connectivity index (χ2v) is 5.92. The Balaban J connectivity index is 2.06. The lowest BCUT2D eigenvalue weighted by atomic mass is 10.0. The summed E-state index contributed by atoms with van der Waals surface area (Å²) < 4.78 is 0.812. The third-order valence-electron chi connectivity index (χ3n) is 3.55. The average Bonchev–Trinajstić information content (AvgIpc) is 2.46. The highest BCUT2D eigenvalue weighted by atomic mass is 79.9. The molecule has 0 spiro atoms. The zero-order valence-electron chi connectivity index (χ0n) is 12.1. The number of carboxylic acids is 1. The number of nitrogens with one attached hydrogen (secondary N) is 1. The average molecular weight is 348 g/mol. The molecule has 0 amide bonds. The molecule has 0 bridgehead atoms. The van der Waals surface area contributed by atoms with Crippen LogP contribution in [0.3, 0.4) is 0 Å². The van der Waals surface area contributed by atoms with Crippen LogP contribution >= 0.6 is 15.9 Å². The van der Waals surface area contributed by atoms with Crippen LogP contribution in [-0.2, 0) is 6.54 Å². The van der Waals surface area contributed by atoms with Gasteiger partial charge in [0.2, 0.25) is 0 Å². The highest BCUT2D eigenvalue weighted by molar-refractivity contribution is 9.10. The maximum absolute atomic E-state index is 10.9. The molecule has 0 radical (unpaired) electrons. The van der Waals surface area contributed by atoms with E-state index in [1.54, 1.807) is 12.1 Å². The zero-order valence-corrected chi connectivity index (χ0v) is 13.6. The molecule has 1 atom stereocenters. The molecule has 21 heavy (non-hydrogen) atoms. The molecule has 2 N–H and O–H groups in total. The van der Waals surface area contributed by atoms with Gasteiger partial charge in [0.05, 0.1) is 5.56 Å². The van der Waals surface area contributed by atoms with Crippen LogP contribution in [-0.4, -0.2) is 11.1 Å². The van der Waals surface area contributed by atoms with Crippen molar-refractivity contribution >= 4 is 21.9 Å². The van der Waals surface area contributed by atoms with Crippen LogP contribution in [0.2, 0.25) is 0 Å². The predicted octanol–water partition coefficient (Wildman–Crippen LogP) is 4.31. The molecule has 0 aliphatic carbocycles. The van der Waals surface area contributed by atoms with Crippen molar-refractivity contribution in [2.75, 3.05) is 0 Å². The summed E-state index contributed by atoms with van der Waals surface area (Å²) in [5.74, 6) is -0.913. The van der Waals surface area contributed by atoms with Crippen LogP contribution in [0.4, 0.5) is 0 Å². The normalized spacial score (nSPS) is 12.1. The van der Waals surface area contributed by atoms with Crippen molar-refractivity contribution in [3.8, 4) is 0 Å². The lowest BCUT2D eigenvalue weighted by Crippen LogP contribution is -2.19. The molecule has 0 heterocycles. The highest BCUT2D eigenvalue weighted by Crippen LogP contribution is 2.21. The van der Waals surface area contributed by atoms with E-state index in [-0.39, 0.29) is 11.6 Å². The molecule has 2 rings (SSSR count). The summed E-state index contributed by atoms with van der Waals surface area (Å²) in [6.07, 6.45) is 0. The van der Waals surface area contributed by atoms with Crippen LogP contribution in [0, 0.1) is 6.92 Å². The summed E-state index contributed by atoms with van der Waals surface area (Å²) in [4.78, 5) is 10.9. The first-order valence-corrected chi connectivity index (χ1v) is 7.59. The topological polar surface area (TPSA) is 49.3 Å². The van der Waals surface area contributed by atoms with Crippen molar-refractivity contribution in [1.29, 1.82) is 0 Å². The molecule has 0 saturated heterocycles. The minimum atomic E-state index is -0.913. The van der Waals surface area contributed by atoms with Crippen molar-refractivity contribution in [2.45, 2.75) is 26.4 Å². The Bertz CT molecular complexity index is 655. The zero-order chi connectivity index (χ0) is 15.4. The van der Waals surface area contributed by atoms with Gasteiger partial charge in [-0.2, -0.15) is 0 Å². The number of hydrogen-bond donors (Lipinski definition) is 2. The smallest absolute Gasteiger partial charge is 0.335 e. The van der Waals surface area contributed by atoms with E-state index in [0.29, 0.717) is 6.54 Å². The Morgan fingerprint density at radius 2 is 2.00 bits per heavy atom. The molecule has 110 valence electrons. The molecular weight excluding hydrogens is 330 g/mol. The Hall–Kier alpha value is -1.65. The summed E-state index contributed by atoms with van der Waals surface area (Å²) in [5.41, 5.74) is 3.87. The Morgan fingerprint density at radius 3 is 2.62 bits per heavy atom. The van der Waals surface area contributed by atoms with Gasteiger partial charge >= 0.3 is 5.97 Å². The van der Waals surface area contributed by atoms with E-state index in [9.17, 15) is 4.79 Å². The van der Waals surface area contributed by atoms with Crippen molar-refractivity contribution in [3.63, 3.8) is 0 Å². The molecular formula is C17H18BrNO2. The summed E-state index contributed by atoms with van der Waals surface area (Å²) in [7, 11) is 0. The molecule has 0 fully saturated rings. The maximum atomic E-state index is 10.9. The predicted molar refractivity (Wildman–Crippen MR) is 87.5 cm³/mol. The van der Waals surface area contributed by atoms with Gasteiger partial charge in [-0.3, -0.25) is 0 Å². The van der Waals surface area contributed by atoms with Gasteiger partial charge in [-0.15, -0.1) is 0 Å². The van der Waals surface area contributed by atoms with E-state index in [1.807, 2.05) is 18.2 Å². The number of halogens is 1. The number of carbonyl (C=O) groups is 1. The number of hydrogen-bond acceptors (Lipinski definition) is 2. The van der Waals surface area contributed by atoms with E-state index < -0.39 is 5.97 Å². The third kappa shape index (κ3) is 3.93.